The Balaban J connectivity index is 1.92. The van der Waals surface area contributed by atoms with Gasteiger partial charge in [0, 0.05) is 31.9 Å². The lowest BCUT2D eigenvalue weighted by Gasteiger charge is -2.23. The minimum absolute atomic E-state index is 0.196. The first-order valence-corrected chi connectivity index (χ1v) is 5.98. The average Bonchev–Trinajstić information content (AvgIpc) is 2.17. The third kappa shape index (κ3) is 6.88. The number of ether oxygens (including phenoxy) is 2. The second-order valence-corrected chi connectivity index (χ2v) is 5.31. The molecule has 3 nitrogen and oxygen atoms in total. The second-order valence-electron chi connectivity index (χ2n) is 5.31. The van der Waals surface area contributed by atoms with Gasteiger partial charge in [-0.05, 0) is 39.5 Å². The van der Waals surface area contributed by atoms with Gasteiger partial charge >= 0.3 is 0 Å². The van der Waals surface area contributed by atoms with E-state index in [0.717, 1.165) is 45.8 Å². The average molecular weight is 215 g/mol. The van der Waals surface area contributed by atoms with Crippen molar-refractivity contribution in [2.24, 2.45) is 5.92 Å². The van der Waals surface area contributed by atoms with E-state index < -0.39 is 0 Å². The van der Waals surface area contributed by atoms with Crippen molar-refractivity contribution in [1.29, 1.82) is 0 Å². The first-order valence-electron chi connectivity index (χ1n) is 5.98. The highest BCUT2D eigenvalue weighted by atomic mass is 16.5. The molecule has 1 heterocycles. The van der Waals surface area contributed by atoms with Crippen LogP contribution in [0.4, 0.5) is 0 Å². The summed E-state index contributed by atoms with van der Waals surface area (Å²) in [4.78, 5) is 0. The Bertz CT molecular complexity index is 159. The van der Waals surface area contributed by atoms with Gasteiger partial charge in [0.2, 0.25) is 0 Å². The molecule has 1 aliphatic heterocycles. The van der Waals surface area contributed by atoms with Crippen molar-refractivity contribution in [1.82, 2.24) is 5.32 Å². The molecule has 1 fully saturated rings. The molecule has 0 radical (unpaired) electrons. The molecule has 0 unspecified atom stereocenters. The lowest BCUT2D eigenvalue weighted by molar-refractivity contribution is 0.0207. The van der Waals surface area contributed by atoms with Gasteiger partial charge < -0.3 is 14.8 Å². The molecule has 0 spiro atoms. The number of hydrogen-bond donors (Lipinski definition) is 1. The minimum atomic E-state index is 0.196. The third-order valence-corrected chi connectivity index (χ3v) is 2.60. The predicted octanol–water partition coefficient (Wildman–Crippen LogP) is 1.82. The van der Waals surface area contributed by atoms with Crippen LogP contribution in [0.3, 0.4) is 0 Å². The van der Waals surface area contributed by atoms with E-state index in [1.165, 1.54) is 0 Å². The molecule has 0 atom stereocenters. The van der Waals surface area contributed by atoms with E-state index >= 15 is 0 Å². The summed E-state index contributed by atoms with van der Waals surface area (Å²) < 4.78 is 11.0. The summed E-state index contributed by atoms with van der Waals surface area (Å²) in [5.74, 6) is 0.716. The van der Waals surface area contributed by atoms with Crippen LogP contribution in [0.15, 0.2) is 0 Å². The molecule has 0 saturated carbocycles. The van der Waals surface area contributed by atoms with Gasteiger partial charge in [-0.25, -0.2) is 0 Å². The van der Waals surface area contributed by atoms with Crippen LogP contribution in [0.1, 0.15) is 33.6 Å². The van der Waals surface area contributed by atoms with Gasteiger partial charge in [-0.1, -0.05) is 0 Å². The Morgan fingerprint density at radius 2 is 1.93 bits per heavy atom. The van der Waals surface area contributed by atoms with Crippen LogP contribution in [-0.2, 0) is 9.47 Å². The van der Waals surface area contributed by atoms with Crippen molar-refractivity contribution < 1.29 is 9.47 Å². The van der Waals surface area contributed by atoms with Crippen LogP contribution in [0.5, 0.6) is 0 Å². The molecule has 15 heavy (non-hydrogen) atoms. The van der Waals surface area contributed by atoms with Gasteiger partial charge in [-0.2, -0.15) is 0 Å². The largest absolute Gasteiger partial charge is 0.381 e. The van der Waals surface area contributed by atoms with Gasteiger partial charge in [-0.15, -0.1) is 0 Å². The highest BCUT2D eigenvalue weighted by Gasteiger charge is 2.13. The molecule has 0 aromatic heterocycles. The van der Waals surface area contributed by atoms with E-state index in [2.05, 4.69) is 26.1 Å². The molecule has 1 aliphatic rings. The summed E-state index contributed by atoms with van der Waals surface area (Å²) in [6.45, 7) is 11.0. The maximum atomic E-state index is 5.65. The Morgan fingerprint density at radius 3 is 2.53 bits per heavy atom. The summed E-state index contributed by atoms with van der Waals surface area (Å²) in [6.07, 6.45) is 2.32. The summed E-state index contributed by atoms with van der Waals surface area (Å²) >= 11 is 0. The quantitative estimate of drug-likeness (QED) is 0.710. The third-order valence-electron chi connectivity index (χ3n) is 2.60. The Morgan fingerprint density at radius 1 is 1.27 bits per heavy atom. The molecule has 0 bridgehead atoms. The first kappa shape index (κ1) is 12.9. The molecule has 1 rings (SSSR count). The highest BCUT2D eigenvalue weighted by Crippen LogP contribution is 2.14. The monoisotopic (exact) mass is 215 g/mol. The van der Waals surface area contributed by atoms with E-state index in [1.54, 1.807) is 0 Å². The number of rotatable bonds is 5. The Hall–Kier alpha value is -0.120. The van der Waals surface area contributed by atoms with Crippen LogP contribution in [-0.4, -0.2) is 38.5 Å². The first-order chi connectivity index (χ1) is 7.08. The number of nitrogens with one attached hydrogen (secondary N) is 1. The molecule has 3 heteroatoms. The Kier molecular flexibility index (Phi) is 5.58. The molecule has 0 aromatic carbocycles. The van der Waals surface area contributed by atoms with Crippen molar-refractivity contribution in [3.63, 3.8) is 0 Å². The molecule has 0 amide bonds. The zero-order valence-electron chi connectivity index (χ0n) is 10.3. The smallest absolute Gasteiger partial charge is 0.0591 e. The van der Waals surface area contributed by atoms with Crippen LogP contribution in [0, 0.1) is 5.92 Å². The van der Waals surface area contributed by atoms with Crippen molar-refractivity contribution in [2.75, 3.05) is 33.0 Å². The zero-order chi connectivity index (χ0) is 11.1. The van der Waals surface area contributed by atoms with E-state index in [9.17, 15) is 0 Å². The van der Waals surface area contributed by atoms with Crippen LogP contribution in [0.25, 0.3) is 0 Å². The summed E-state index contributed by atoms with van der Waals surface area (Å²) in [5.41, 5.74) is 0.196. The van der Waals surface area contributed by atoms with Gasteiger partial charge in [0.05, 0.1) is 6.61 Å². The van der Waals surface area contributed by atoms with E-state index in [1.807, 2.05) is 0 Å². The van der Waals surface area contributed by atoms with E-state index in [0.29, 0.717) is 5.92 Å². The SMILES string of the molecule is CC(C)(C)NCCOCC1CCOCC1. The van der Waals surface area contributed by atoms with Gasteiger partial charge in [0.15, 0.2) is 0 Å². The summed E-state index contributed by atoms with van der Waals surface area (Å²) in [6, 6.07) is 0. The molecule has 1 N–H and O–H groups in total. The lowest BCUT2D eigenvalue weighted by Crippen LogP contribution is -2.38. The highest BCUT2D eigenvalue weighted by molar-refractivity contribution is 4.69. The van der Waals surface area contributed by atoms with E-state index in [-0.39, 0.29) is 5.54 Å². The molecular formula is C12H25NO2. The van der Waals surface area contributed by atoms with Crippen molar-refractivity contribution in [3.8, 4) is 0 Å². The fourth-order valence-electron chi connectivity index (χ4n) is 1.66. The zero-order valence-corrected chi connectivity index (χ0v) is 10.3. The second kappa shape index (κ2) is 6.46. The lowest BCUT2D eigenvalue weighted by atomic mass is 10.0. The van der Waals surface area contributed by atoms with Gasteiger partial charge in [0.1, 0.15) is 0 Å². The topological polar surface area (TPSA) is 30.5 Å². The number of hydrogen-bond acceptors (Lipinski definition) is 3. The minimum Gasteiger partial charge on any atom is -0.381 e. The van der Waals surface area contributed by atoms with Crippen LogP contribution in [0.2, 0.25) is 0 Å². The fraction of sp³-hybridized carbons (Fsp3) is 1.00. The van der Waals surface area contributed by atoms with Crippen molar-refractivity contribution in [2.45, 2.75) is 39.2 Å². The summed E-state index contributed by atoms with van der Waals surface area (Å²) in [5, 5.41) is 3.41. The Labute approximate surface area is 93.5 Å². The fourth-order valence-corrected chi connectivity index (χ4v) is 1.66. The maximum Gasteiger partial charge on any atom is 0.0591 e. The van der Waals surface area contributed by atoms with Crippen LogP contribution >= 0.6 is 0 Å². The van der Waals surface area contributed by atoms with Crippen molar-refractivity contribution >= 4 is 0 Å². The molecular weight excluding hydrogens is 190 g/mol. The van der Waals surface area contributed by atoms with Crippen LogP contribution < -0.4 is 5.32 Å². The predicted molar refractivity (Wildman–Crippen MR) is 62.1 cm³/mol. The molecule has 1 saturated heterocycles. The van der Waals surface area contributed by atoms with Gasteiger partial charge in [0.25, 0.3) is 0 Å². The summed E-state index contributed by atoms with van der Waals surface area (Å²) in [7, 11) is 0. The van der Waals surface area contributed by atoms with E-state index in [4.69, 9.17) is 9.47 Å². The standard InChI is InChI=1S/C12H25NO2/c1-12(2,3)13-6-9-15-10-11-4-7-14-8-5-11/h11,13H,4-10H2,1-3H3. The van der Waals surface area contributed by atoms with Crippen molar-refractivity contribution in [3.05, 3.63) is 0 Å². The maximum absolute atomic E-state index is 5.65. The van der Waals surface area contributed by atoms with Gasteiger partial charge in [-0.3, -0.25) is 0 Å². The molecule has 0 aromatic rings. The molecule has 90 valence electrons. The molecule has 0 aliphatic carbocycles. The normalized spacial score (nSPS) is 19.4.